The Bertz CT molecular complexity index is 403. The van der Waals surface area contributed by atoms with Crippen LogP contribution in [0.5, 0.6) is 0 Å². The number of halogens is 2. The number of rotatable bonds is 4. The van der Waals surface area contributed by atoms with Crippen LogP contribution in [0.2, 0.25) is 0 Å². The molecule has 1 aromatic rings. The molecule has 0 amide bonds. The zero-order chi connectivity index (χ0) is 13.2. The second-order valence-corrected chi connectivity index (χ2v) is 5.60. The molecular weight excluding hydrogens is 232 g/mol. The molecule has 1 saturated carbocycles. The van der Waals surface area contributed by atoms with Gasteiger partial charge in [-0.2, -0.15) is 0 Å². The Morgan fingerprint density at radius 2 is 1.83 bits per heavy atom. The van der Waals surface area contributed by atoms with Crippen LogP contribution in [0.25, 0.3) is 0 Å². The van der Waals surface area contributed by atoms with E-state index >= 15 is 0 Å². The van der Waals surface area contributed by atoms with Crippen LogP contribution in [-0.4, -0.2) is 12.5 Å². The lowest BCUT2D eigenvalue weighted by atomic mass is 9.76. The summed E-state index contributed by atoms with van der Waals surface area (Å²) in [5, 5.41) is 0. The molecule has 3 heteroatoms. The van der Waals surface area contributed by atoms with Crippen molar-refractivity contribution in [3.63, 3.8) is 0 Å². The molecule has 0 unspecified atom stereocenters. The lowest BCUT2D eigenvalue weighted by molar-refractivity contribution is 0.0222. The molecule has 0 aromatic heterocycles. The van der Waals surface area contributed by atoms with E-state index in [0.717, 1.165) is 43.7 Å². The first kappa shape index (κ1) is 13.5. The van der Waals surface area contributed by atoms with Gasteiger partial charge in [0.1, 0.15) is 0 Å². The van der Waals surface area contributed by atoms with Crippen LogP contribution in [0.15, 0.2) is 24.3 Å². The molecule has 0 saturated heterocycles. The average Bonchev–Trinajstić information content (AvgIpc) is 2.77. The number of benzene rings is 1. The van der Waals surface area contributed by atoms with Gasteiger partial charge in [-0.3, -0.25) is 0 Å². The highest BCUT2D eigenvalue weighted by Gasteiger charge is 2.37. The summed E-state index contributed by atoms with van der Waals surface area (Å²) in [5.41, 5.74) is 7.69. The van der Waals surface area contributed by atoms with Crippen LogP contribution in [0.1, 0.15) is 43.7 Å². The fraction of sp³-hybridized carbons (Fsp3) is 0.600. The van der Waals surface area contributed by atoms with Crippen molar-refractivity contribution in [3.8, 4) is 0 Å². The second kappa shape index (κ2) is 4.96. The standard InChI is InChI=1S/C15H21F2N/c1-14(16,17)10-12-6-2-3-7-13(12)15(11-18)8-4-5-9-15/h2-3,6-7H,4-5,8-11,18H2,1H3. The van der Waals surface area contributed by atoms with Crippen LogP contribution in [-0.2, 0) is 11.8 Å². The van der Waals surface area contributed by atoms with Gasteiger partial charge < -0.3 is 5.73 Å². The molecule has 2 rings (SSSR count). The van der Waals surface area contributed by atoms with E-state index in [1.54, 1.807) is 0 Å². The molecule has 0 heterocycles. The van der Waals surface area contributed by atoms with Crippen molar-refractivity contribution in [2.45, 2.75) is 50.4 Å². The quantitative estimate of drug-likeness (QED) is 0.870. The van der Waals surface area contributed by atoms with Gasteiger partial charge in [0.15, 0.2) is 0 Å². The van der Waals surface area contributed by atoms with Crippen LogP contribution in [0.3, 0.4) is 0 Å². The summed E-state index contributed by atoms with van der Waals surface area (Å²) < 4.78 is 26.5. The van der Waals surface area contributed by atoms with E-state index in [-0.39, 0.29) is 11.8 Å². The zero-order valence-corrected chi connectivity index (χ0v) is 10.9. The predicted molar refractivity (Wildman–Crippen MR) is 70.0 cm³/mol. The van der Waals surface area contributed by atoms with E-state index in [0.29, 0.717) is 6.54 Å². The first-order chi connectivity index (χ1) is 8.47. The molecule has 0 atom stereocenters. The maximum absolute atomic E-state index is 13.3. The van der Waals surface area contributed by atoms with Gasteiger partial charge in [0, 0.05) is 18.4 Å². The summed E-state index contributed by atoms with van der Waals surface area (Å²) in [7, 11) is 0. The highest BCUT2D eigenvalue weighted by molar-refractivity contribution is 5.36. The van der Waals surface area contributed by atoms with Crippen LogP contribution in [0, 0.1) is 0 Å². The van der Waals surface area contributed by atoms with Crippen molar-refractivity contribution in [1.82, 2.24) is 0 Å². The van der Waals surface area contributed by atoms with Crippen molar-refractivity contribution in [3.05, 3.63) is 35.4 Å². The predicted octanol–water partition coefficient (Wildman–Crippen LogP) is 3.65. The third kappa shape index (κ3) is 2.72. The summed E-state index contributed by atoms with van der Waals surface area (Å²) in [6.45, 7) is 1.53. The smallest absolute Gasteiger partial charge is 0.249 e. The van der Waals surface area contributed by atoms with Crippen molar-refractivity contribution in [2.75, 3.05) is 6.54 Å². The van der Waals surface area contributed by atoms with Gasteiger partial charge in [0.05, 0.1) is 0 Å². The van der Waals surface area contributed by atoms with Crippen molar-refractivity contribution in [2.24, 2.45) is 5.73 Å². The number of nitrogens with two attached hydrogens (primary N) is 1. The first-order valence-electron chi connectivity index (χ1n) is 6.63. The average molecular weight is 253 g/mol. The topological polar surface area (TPSA) is 26.0 Å². The summed E-state index contributed by atoms with van der Waals surface area (Å²) in [5.74, 6) is -2.66. The van der Waals surface area contributed by atoms with E-state index in [9.17, 15) is 8.78 Å². The van der Waals surface area contributed by atoms with Gasteiger partial charge in [-0.05, 0) is 30.9 Å². The Labute approximate surface area is 107 Å². The Hall–Kier alpha value is -0.960. The third-order valence-corrected chi connectivity index (χ3v) is 4.04. The largest absolute Gasteiger partial charge is 0.330 e. The highest BCUT2D eigenvalue weighted by atomic mass is 19.3. The minimum absolute atomic E-state index is 0.0676. The Morgan fingerprint density at radius 1 is 1.22 bits per heavy atom. The normalized spacial score (nSPS) is 19.1. The van der Waals surface area contributed by atoms with E-state index in [2.05, 4.69) is 0 Å². The highest BCUT2D eigenvalue weighted by Crippen LogP contribution is 2.42. The van der Waals surface area contributed by atoms with Gasteiger partial charge in [0.2, 0.25) is 5.92 Å². The molecule has 1 aliphatic carbocycles. The van der Waals surface area contributed by atoms with Crippen LogP contribution in [0.4, 0.5) is 8.78 Å². The van der Waals surface area contributed by atoms with E-state index in [4.69, 9.17) is 5.73 Å². The summed E-state index contributed by atoms with van der Waals surface area (Å²) in [6.07, 6.45) is 4.15. The first-order valence-corrected chi connectivity index (χ1v) is 6.63. The van der Waals surface area contributed by atoms with Gasteiger partial charge in [0.25, 0.3) is 0 Å². The van der Waals surface area contributed by atoms with Gasteiger partial charge in [-0.1, -0.05) is 37.1 Å². The summed E-state index contributed by atoms with van der Waals surface area (Å²) in [4.78, 5) is 0. The lowest BCUT2D eigenvalue weighted by Gasteiger charge is -2.31. The maximum atomic E-state index is 13.3. The minimum atomic E-state index is -2.66. The molecule has 0 bridgehead atoms. The molecule has 0 spiro atoms. The molecule has 0 radical (unpaired) electrons. The molecule has 2 N–H and O–H groups in total. The third-order valence-electron chi connectivity index (χ3n) is 4.04. The van der Waals surface area contributed by atoms with Gasteiger partial charge >= 0.3 is 0 Å². The molecule has 18 heavy (non-hydrogen) atoms. The SMILES string of the molecule is CC(F)(F)Cc1ccccc1C1(CN)CCCC1. The maximum Gasteiger partial charge on any atom is 0.249 e. The Kier molecular flexibility index (Phi) is 3.71. The molecule has 1 aliphatic rings. The van der Waals surface area contributed by atoms with Crippen molar-refractivity contribution in [1.29, 1.82) is 0 Å². The number of hydrogen-bond acceptors (Lipinski definition) is 1. The summed E-state index contributed by atoms with van der Waals surface area (Å²) >= 11 is 0. The second-order valence-electron chi connectivity index (χ2n) is 5.60. The fourth-order valence-corrected chi connectivity index (χ4v) is 3.16. The number of alkyl halides is 2. The summed E-state index contributed by atoms with van der Waals surface area (Å²) in [6, 6.07) is 7.58. The molecule has 100 valence electrons. The van der Waals surface area contributed by atoms with E-state index < -0.39 is 5.92 Å². The van der Waals surface area contributed by atoms with E-state index in [1.807, 2.05) is 24.3 Å². The minimum Gasteiger partial charge on any atom is -0.330 e. The number of hydrogen-bond donors (Lipinski definition) is 1. The molecule has 1 fully saturated rings. The molecule has 0 aliphatic heterocycles. The van der Waals surface area contributed by atoms with Crippen molar-refractivity contribution >= 4 is 0 Å². The molecule has 1 nitrogen and oxygen atoms in total. The molecular formula is C15H21F2N. The van der Waals surface area contributed by atoms with Gasteiger partial charge in [-0.25, -0.2) is 8.78 Å². The van der Waals surface area contributed by atoms with E-state index in [1.165, 1.54) is 0 Å². The van der Waals surface area contributed by atoms with Gasteiger partial charge in [-0.15, -0.1) is 0 Å². The Morgan fingerprint density at radius 3 is 2.39 bits per heavy atom. The monoisotopic (exact) mass is 253 g/mol. The fourth-order valence-electron chi connectivity index (χ4n) is 3.16. The van der Waals surface area contributed by atoms with Crippen LogP contribution >= 0.6 is 0 Å². The van der Waals surface area contributed by atoms with Crippen molar-refractivity contribution < 1.29 is 8.78 Å². The lowest BCUT2D eigenvalue weighted by Crippen LogP contribution is -2.33. The zero-order valence-electron chi connectivity index (χ0n) is 10.9. The van der Waals surface area contributed by atoms with Crippen LogP contribution < -0.4 is 5.73 Å². The Balaban J connectivity index is 2.37. The molecule has 1 aromatic carbocycles.